The van der Waals surface area contributed by atoms with Crippen LogP contribution in [0, 0.1) is 12.7 Å². The summed E-state index contributed by atoms with van der Waals surface area (Å²) in [5.41, 5.74) is 5.46. The summed E-state index contributed by atoms with van der Waals surface area (Å²) in [5.74, 6) is 0.868. The Morgan fingerprint density at radius 3 is 2.43 bits per heavy atom. The molecule has 37 heavy (non-hydrogen) atoms. The van der Waals surface area contributed by atoms with E-state index < -0.39 is 0 Å². The van der Waals surface area contributed by atoms with Gasteiger partial charge in [0.15, 0.2) is 11.0 Å². The zero-order valence-electron chi connectivity index (χ0n) is 20.1. The van der Waals surface area contributed by atoms with Gasteiger partial charge in [0.2, 0.25) is 0 Å². The minimum absolute atomic E-state index is 0.182. The number of pyridine rings is 1. The first-order valence-corrected chi connectivity index (χ1v) is 12.7. The lowest BCUT2D eigenvalue weighted by atomic mass is 10.1. The highest BCUT2D eigenvalue weighted by Crippen LogP contribution is 2.30. The lowest BCUT2D eigenvalue weighted by molar-refractivity contribution is 0.0951. The maximum atomic E-state index is 13.1. The Hall–Kier alpha value is -4.30. The first-order chi connectivity index (χ1) is 18.1. The predicted molar refractivity (Wildman–Crippen MR) is 143 cm³/mol. The van der Waals surface area contributed by atoms with Crippen molar-refractivity contribution in [2.75, 3.05) is 0 Å². The molecule has 0 saturated carbocycles. The molecule has 2 aromatic heterocycles. The van der Waals surface area contributed by atoms with Gasteiger partial charge in [-0.2, -0.15) is 0 Å². The molecule has 1 amide bonds. The molecule has 2 heterocycles. The van der Waals surface area contributed by atoms with Crippen molar-refractivity contribution < 1.29 is 9.18 Å². The van der Waals surface area contributed by atoms with E-state index in [4.69, 9.17) is 0 Å². The standard InChI is InChI=1S/C29H24FN5OS/c1-20-5-11-26(12-6-20)35-27(23-13-15-31-16-14-23)33-34-29(35)37-19-22-3-2-4-24(17-22)28(36)32-18-21-7-9-25(30)10-8-21/h2-17H,18-19H2,1H3,(H,32,36). The van der Waals surface area contributed by atoms with E-state index in [1.54, 1.807) is 42.4 Å². The number of rotatable bonds is 8. The van der Waals surface area contributed by atoms with Gasteiger partial charge in [-0.1, -0.05) is 53.7 Å². The molecule has 1 N–H and O–H groups in total. The molecule has 8 heteroatoms. The van der Waals surface area contributed by atoms with Gasteiger partial charge in [0.05, 0.1) is 0 Å². The molecule has 0 spiro atoms. The summed E-state index contributed by atoms with van der Waals surface area (Å²) in [5, 5.41) is 12.6. The minimum atomic E-state index is -0.300. The van der Waals surface area contributed by atoms with E-state index in [1.807, 2.05) is 34.9 Å². The monoisotopic (exact) mass is 509 g/mol. The van der Waals surface area contributed by atoms with Crippen LogP contribution in [0.1, 0.15) is 27.0 Å². The fourth-order valence-electron chi connectivity index (χ4n) is 3.81. The van der Waals surface area contributed by atoms with E-state index in [2.05, 4.69) is 51.7 Å². The molecule has 0 aliphatic heterocycles. The highest BCUT2D eigenvalue weighted by Gasteiger charge is 2.16. The van der Waals surface area contributed by atoms with Crippen molar-refractivity contribution in [3.63, 3.8) is 0 Å². The van der Waals surface area contributed by atoms with Gasteiger partial charge < -0.3 is 5.32 Å². The normalized spacial score (nSPS) is 10.9. The fourth-order valence-corrected chi connectivity index (χ4v) is 4.71. The molecule has 0 aliphatic rings. The Morgan fingerprint density at radius 2 is 1.68 bits per heavy atom. The molecule has 0 atom stereocenters. The summed E-state index contributed by atoms with van der Waals surface area (Å²) in [6, 6.07) is 25.7. The lowest BCUT2D eigenvalue weighted by Gasteiger charge is -2.11. The SMILES string of the molecule is Cc1ccc(-n2c(SCc3cccc(C(=O)NCc4ccc(F)cc4)c3)nnc2-c2ccncc2)cc1. The first kappa shape index (κ1) is 24.4. The fraction of sp³-hybridized carbons (Fsp3) is 0.103. The van der Waals surface area contributed by atoms with Crippen molar-refractivity contribution >= 4 is 17.7 Å². The summed E-state index contributed by atoms with van der Waals surface area (Å²) in [4.78, 5) is 16.8. The van der Waals surface area contributed by atoms with Gasteiger partial charge in [-0.15, -0.1) is 10.2 Å². The molecule has 6 nitrogen and oxygen atoms in total. The van der Waals surface area contributed by atoms with Gasteiger partial charge in [-0.25, -0.2) is 4.39 Å². The smallest absolute Gasteiger partial charge is 0.251 e. The van der Waals surface area contributed by atoms with Crippen LogP contribution in [0.15, 0.2) is 102 Å². The van der Waals surface area contributed by atoms with E-state index in [1.165, 1.54) is 17.7 Å². The van der Waals surface area contributed by atoms with Gasteiger partial charge in [0.25, 0.3) is 5.91 Å². The lowest BCUT2D eigenvalue weighted by Crippen LogP contribution is -2.22. The summed E-state index contributed by atoms with van der Waals surface area (Å²) in [6.07, 6.45) is 3.48. The number of nitrogens with one attached hydrogen (secondary N) is 1. The van der Waals surface area contributed by atoms with Crippen LogP contribution in [0.25, 0.3) is 17.1 Å². The van der Waals surface area contributed by atoms with Gasteiger partial charge >= 0.3 is 0 Å². The van der Waals surface area contributed by atoms with Crippen molar-refractivity contribution in [2.45, 2.75) is 24.4 Å². The number of amides is 1. The van der Waals surface area contributed by atoms with Gasteiger partial charge in [0.1, 0.15) is 5.82 Å². The second kappa shape index (κ2) is 11.2. The summed E-state index contributed by atoms with van der Waals surface area (Å²) < 4.78 is 15.2. The Kier molecular flexibility index (Phi) is 7.37. The minimum Gasteiger partial charge on any atom is -0.348 e. The predicted octanol–water partition coefficient (Wildman–Crippen LogP) is 6.00. The van der Waals surface area contributed by atoms with Crippen LogP contribution >= 0.6 is 11.8 Å². The van der Waals surface area contributed by atoms with Crippen molar-refractivity contribution in [2.24, 2.45) is 0 Å². The molecule has 0 bridgehead atoms. The molecule has 184 valence electrons. The van der Waals surface area contributed by atoms with Crippen molar-refractivity contribution in [3.05, 3.63) is 125 Å². The largest absolute Gasteiger partial charge is 0.348 e. The molecule has 0 unspecified atom stereocenters. The van der Waals surface area contributed by atoms with Gasteiger partial charge in [-0.3, -0.25) is 14.3 Å². The van der Waals surface area contributed by atoms with Crippen LogP contribution < -0.4 is 5.32 Å². The van der Waals surface area contributed by atoms with E-state index in [0.29, 0.717) is 17.9 Å². The molecule has 5 rings (SSSR count). The molecule has 0 saturated heterocycles. The van der Waals surface area contributed by atoms with Crippen LogP contribution in [-0.2, 0) is 12.3 Å². The third-order valence-electron chi connectivity index (χ3n) is 5.79. The number of hydrogen-bond donors (Lipinski definition) is 1. The number of carbonyl (C=O) groups is 1. The molecule has 0 aliphatic carbocycles. The van der Waals surface area contributed by atoms with Crippen LogP contribution in [0.4, 0.5) is 4.39 Å². The van der Waals surface area contributed by atoms with Crippen LogP contribution in [0.3, 0.4) is 0 Å². The summed E-state index contributed by atoms with van der Waals surface area (Å²) >= 11 is 1.55. The zero-order valence-corrected chi connectivity index (χ0v) is 21.0. The average Bonchev–Trinajstić information content (AvgIpc) is 3.36. The number of aromatic nitrogens is 4. The van der Waals surface area contributed by atoms with Crippen LogP contribution in [0.5, 0.6) is 0 Å². The van der Waals surface area contributed by atoms with E-state index in [0.717, 1.165) is 33.4 Å². The number of hydrogen-bond acceptors (Lipinski definition) is 5. The quantitative estimate of drug-likeness (QED) is 0.260. The van der Waals surface area contributed by atoms with Crippen molar-refractivity contribution in [3.8, 4) is 17.1 Å². The Balaban J connectivity index is 1.33. The van der Waals surface area contributed by atoms with Gasteiger partial charge in [-0.05, 0) is 66.6 Å². The molecular weight excluding hydrogens is 485 g/mol. The molecule has 3 aromatic carbocycles. The number of nitrogens with zero attached hydrogens (tertiary/aromatic N) is 4. The third-order valence-corrected chi connectivity index (χ3v) is 6.79. The molecule has 0 radical (unpaired) electrons. The van der Waals surface area contributed by atoms with E-state index in [-0.39, 0.29) is 11.7 Å². The maximum absolute atomic E-state index is 13.1. The highest BCUT2D eigenvalue weighted by atomic mass is 32.2. The number of thioether (sulfide) groups is 1. The van der Waals surface area contributed by atoms with Crippen molar-refractivity contribution in [1.82, 2.24) is 25.1 Å². The summed E-state index contributed by atoms with van der Waals surface area (Å²) in [7, 11) is 0. The molecule has 5 aromatic rings. The van der Waals surface area contributed by atoms with E-state index >= 15 is 0 Å². The molecular formula is C29H24FN5OS. The van der Waals surface area contributed by atoms with E-state index in [9.17, 15) is 9.18 Å². The van der Waals surface area contributed by atoms with Crippen LogP contribution in [-0.4, -0.2) is 25.7 Å². The number of halogens is 1. The topological polar surface area (TPSA) is 72.7 Å². The average molecular weight is 510 g/mol. The second-order valence-electron chi connectivity index (χ2n) is 8.51. The second-order valence-corrected chi connectivity index (χ2v) is 9.45. The maximum Gasteiger partial charge on any atom is 0.251 e. The third kappa shape index (κ3) is 5.92. The van der Waals surface area contributed by atoms with Crippen LogP contribution in [0.2, 0.25) is 0 Å². The first-order valence-electron chi connectivity index (χ1n) is 11.7. The number of benzene rings is 3. The Bertz CT molecular complexity index is 1500. The molecule has 0 fully saturated rings. The highest BCUT2D eigenvalue weighted by molar-refractivity contribution is 7.98. The van der Waals surface area contributed by atoms with Crippen molar-refractivity contribution in [1.29, 1.82) is 0 Å². The Morgan fingerprint density at radius 1 is 0.919 bits per heavy atom. The Labute approximate surface area is 218 Å². The zero-order chi connectivity index (χ0) is 25.6. The number of aryl methyl sites for hydroxylation is 1. The number of carbonyl (C=O) groups excluding carboxylic acids is 1. The summed E-state index contributed by atoms with van der Waals surface area (Å²) in [6.45, 7) is 2.38. The van der Waals surface area contributed by atoms with Gasteiger partial charge in [0, 0.05) is 41.5 Å².